The van der Waals surface area contributed by atoms with Gasteiger partial charge in [0.15, 0.2) is 12.2 Å². The van der Waals surface area contributed by atoms with Crippen LogP contribution in [0.15, 0.2) is 0 Å². The Hall–Kier alpha value is -1.94. The number of esters is 4. The van der Waals surface area contributed by atoms with Gasteiger partial charge < -0.3 is 33.8 Å². The summed E-state index contributed by atoms with van der Waals surface area (Å²) in [6.07, 6.45) is 68.0. The normalized spacial score (nSPS) is 14.4. The van der Waals surface area contributed by atoms with Crippen LogP contribution in [0.4, 0.5) is 0 Å². The van der Waals surface area contributed by atoms with Crippen molar-refractivity contribution in [3.63, 3.8) is 0 Å². The molecule has 0 aliphatic carbocycles. The SMILES string of the molecule is CCCCCCCCCCCCCCCCCCC(=O)O[C@H](COC(=O)CCCCCCCCCC)COP(=O)(O)OC[C@H](O)COP(=O)(O)OC[C@@H](COC(=O)CCCCCCCCCCCCCCCCC(C)CC)OC(=O)CCCCCCCCCCCCCCCCCCCCC(C)CC. The lowest BCUT2D eigenvalue weighted by atomic mass is 9.99. The summed E-state index contributed by atoms with van der Waals surface area (Å²) < 4.78 is 68.8. The van der Waals surface area contributed by atoms with Crippen LogP contribution in [0.2, 0.25) is 0 Å². The first kappa shape index (κ1) is 102. The Balaban J connectivity index is 5.19. The van der Waals surface area contributed by atoms with E-state index in [4.69, 9.17) is 37.0 Å². The number of carbonyl (C=O) groups excluding carboxylic acids is 4. The van der Waals surface area contributed by atoms with Crippen LogP contribution in [0.25, 0.3) is 0 Å². The van der Waals surface area contributed by atoms with Crippen molar-refractivity contribution in [2.24, 2.45) is 11.8 Å². The molecule has 0 radical (unpaired) electrons. The van der Waals surface area contributed by atoms with Crippen LogP contribution in [0.3, 0.4) is 0 Å². The topological polar surface area (TPSA) is 237 Å². The maximum Gasteiger partial charge on any atom is 0.472 e. The summed E-state index contributed by atoms with van der Waals surface area (Å²) in [5.74, 6) is -0.384. The smallest absolute Gasteiger partial charge is 0.462 e. The molecule has 0 amide bonds. The quantitative estimate of drug-likeness (QED) is 0.0222. The molecule has 104 heavy (non-hydrogen) atoms. The molecule has 0 rings (SSSR count). The molecule has 0 aromatic heterocycles. The van der Waals surface area contributed by atoms with Gasteiger partial charge in [0, 0.05) is 25.7 Å². The number of rotatable bonds is 84. The molecule has 0 aliphatic rings. The molecule has 19 heteroatoms. The van der Waals surface area contributed by atoms with Gasteiger partial charge in [0.05, 0.1) is 26.4 Å². The summed E-state index contributed by atoms with van der Waals surface area (Å²) in [6, 6.07) is 0. The number of unbranched alkanes of at least 4 members (excludes halogenated alkanes) is 52. The Kier molecular flexibility index (Phi) is 75.0. The molecule has 17 nitrogen and oxygen atoms in total. The fourth-order valence-corrected chi connectivity index (χ4v) is 14.8. The van der Waals surface area contributed by atoms with E-state index in [2.05, 4.69) is 41.5 Å². The van der Waals surface area contributed by atoms with Crippen molar-refractivity contribution in [2.45, 2.75) is 471 Å². The molecule has 0 aliphatic heterocycles. The summed E-state index contributed by atoms with van der Waals surface area (Å²) in [7, 11) is -9.92. The van der Waals surface area contributed by atoms with Crippen molar-refractivity contribution >= 4 is 39.5 Å². The van der Waals surface area contributed by atoms with Crippen LogP contribution in [0.1, 0.15) is 452 Å². The van der Waals surface area contributed by atoms with E-state index in [0.717, 1.165) is 108 Å². The number of ether oxygens (including phenoxy) is 4. The highest BCUT2D eigenvalue weighted by atomic mass is 31.2. The summed E-state index contributed by atoms with van der Waals surface area (Å²) in [5, 5.41) is 10.7. The predicted molar refractivity (Wildman–Crippen MR) is 428 cm³/mol. The summed E-state index contributed by atoms with van der Waals surface area (Å²) in [4.78, 5) is 73.1. The average Bonchev–Trinajstić information content (AvgIpc) is 0.910. The highest BCUT2D eigenvalue weighted by molar-refractivity contribution is 7.47. The third-order valence-electron chi connectivity index (χ3n) is 20.7. The largest absolute Gasteiger partial charge is 0.472 e. The van der Waals surface area contributed by atoms with E-state index in [-0.39, 0.29) is 25.7 Å². The Labute approximate surface area is 638 Å². The van der Waals surface area contributed by atoms with E-state index >= 15 is 0 Å². The average molecular weight is 1520 g/mol. The summed E-state index contributed by atoms with van der Waals surface area (Å²) in [6.45, 7) is 9.76. The monoisotopic (exact) mass is 1520 g/mol. The number of hydrogen-bond donors (Lipinski definition) is 3. The number of aliphatic hydroxyl groups is 1. The zero-order chi connectivity index (χ0) is 76.4. The Morgan fingerprint density at radius 2 is 0.462 bits per heavy atom. The highest BCUT2D eigenvalue weighted by Gasteiger charge is 2.30. The lowest BCUT2D eigenvalue weighted by Crippen LogP contribution is -2.30. The standard InChI is InChI=1S/C85H166O17P2/c1-7-11-13-15-17-19-20-21-22-28-35-40-45-51-57-63-69-84(89)101-80(73-95-82(87)67-61-55-49-18-16-14-12-8-2)75-99-103(91,92)97-71-79(86)72-98-104(93,94)100-76-81(74-96-83(88)68-62-56-50-44-39-34-31-30-33-38-43-48-54-60-66-78(6)10-4)102-85(90)70-64-58-52-46-41-36-29-26-24-23-25-27-32-37-42-47-53-59-65-77(5)9-3/h77-81,86H,7-76H2,1-6H3,(H,91,92)(H,93,94)/t77?,78?,79-,80+,81+/m0/s1. The van der Waals surface area contributed by atoms with Crippen LogP contribution in [0, 0.1) is 11.8 Å². The number of aliphatic hydroxyl groups excluding tert-OH is 1. The second-order valence-electron chi connectivity index (χ2n) is 31.1. The molecule has 0 aromatic carbocycles. The fourth-order valence-electron chi connectivity index (χ4n) is 13.2. The van der Waals surface area contributed by atoms with Crippen molar-refractivity contribution in [3.8, 4) is 0 Å². The van der Waals surface area contributed by atoms with Gasteiger partial charge in [-0.15, -0.1) is 0 Å². The van der Waals surface area contributed by atoms with Crippen LogP contribution in [0.5, 0.6) is 0 Å². The lowest BCUT2D eigenvalue weighted by molar-refractivity contribution is -0.161. The minimum atomic E-state index is -4.96. The van der Waals surface area contributed by atoms with Crippen molar-refractivity contribution in [2.75, 3.05) is 39.6 Å². The van der Waals surface area contributed by atoms with E-state index in [1.807, 2.05) is 0 Å². The van der Waals surface area contributed by atoms with Gasteiger partial charge in [0.25, 0.3) is 0 Å². The third kappa shape index (κ3) is 75.5. The van der Waals surface area contributed by atoms with Gasteiger partial charge in [-0.1, -0.05) is 401 Å². The molecular weight excluding hydrogens is 1350 g/mol. The van der Waals surface area contributed by atoms with Gasteiger partial charge in [-0.05, 0) is 37.5 Å². The number of carbonyl (C=O) groups is 4. The highest BCUT2D eigenvalue weighted by Crippen LogP contribution is 2.45. The van der Waals surface area contributed by atoms with Crippen LogP contribution in [-0.2, 0) is 65.4 Å². The summed E-state index contributed by atoms with van der Waals surface area (Å²) >= 11 is 0. The van der Waals surface area contributed by atoms with Gasteiger partial charge in [-0.2, -0.15) is 0 Å². The third-order valence-corrected chi connectivity index (χ3v) is 22.6. The number of phosphoric ester groups is 2. The zero-order valence-electron chi connectivity index (χ0n) is 68.3. The van der Waals surface area contributed by atoms with Crippen molar-refractivity contribution in [1.82, 2.24) is 0 Å². The minimum Gasteiger partial charge on any atom is -0.462 e. The van der Waals surface area contributed by atoms with E-state index in [0.29, 0.717) is 25.7 Å². The first-order valence-electron chi connectivity index (χ1n) is 44.1. The molecule has 618 valence electrons. The molecule has 7 atom stereocenters. The first-order valence-corrected chi connectivity index (χ1v) is 47.1. The zero-order valence-corrected chi connectivity index (χ0v) is 70.1. The first-order chi connectivity index (χ1) is 50.4. The molecule has 4 unspecified atom stereocenters. The van der Waals surface area contributed by atoms with Gasteiger partial charge in [-0.25, -0.2) is 9.13 Å². The summed E-state index contributed by atoms with van der Waals surface area (Å²) in [5.41, 5.74) is 0. The van der Waals surface area contributed by atoms with Crippen LogP contribution < -0.4 is 0 Å². The molecule has 0 spiro atoms. The molecule has 0 fully saturated rings. The predicted octanol–water partition coefficient (Wildman–Crippen LogP) is 25.8. The molecule has 0 saturated heterocycles. The maximum absolute atomic E-state index is 13.1. The second-order valence-corrected chi connectivity index (χ2v) is 34.0. The van der Waals surface area contributed by atoms with E-state index < -0.39 is 97.5 Å². The van der Waals surface area contributed by atoms with Gasteiger partial charge in [0.2, 0.25) is 0 Å². The Morgan fingerprint density at radius 1 is 0.269 bits per heavy atom. The van der Waals surface area contributed by atoms with E-state index in [1.54, 1.807) is 0 Å². The Morgan fingerprint density at radius 3 is 0.683 bits per heavy atom. The van der Waals surface area contributed by atoms with E-state index in [9.17, 15) is 43.2 Å². The Bertz CT molecular complexity index is 2000. The molecule has 0 saturated carbocycles. The van der Waals surface area contributed by atoms with Crippen molar-refractivity contribution < 1.29 is 80.2 Å². The second kappa shape index (κ2) is 76.4. The van der Waals surface area contributed by atoms with Crippen LogP contribution >= 0.6 is 15.6 Å². The number of phosphoric acid groups is 2. The van der Waals surface area contributed by atoms with Crippen LogP contribution in [-0.4, -0.2) is 96.7 Å². The van der Waals surface area contributed by atoms with Gasteiger partial charge in [-0.3, -0.25) is 37.3 Å². The molecule has 0 heterocycles. The van der Waals surface area contributed by atoms with Crippen molar-refractivity contribution in [1.29, 1.82) is 0 Å². The maximum atomic E-state index is 13.1. The molecule has 0 bridgehead atoms. The van der Waals surface area contributed by atoms with Gasteiger partial charge >= 0.3 is 39.5 Å². The molecule has 0 aromatic rings. The molecule has 3 N–H and O–H groups in total. The van der Waals surface area contributed by atoms with Gasteiger partial charge in [0.1, 0.15) is 19.3 Å². The fraction of sp³-hybridized carbons (Fsp3) is 0.953. The van der Waals surface area contributed by atoms with Crippen molar-refractivity contribution in [3.05, 3.63) is 0 Å². The minimum absolute atomic E-state index is 0.108. The number of hydrogen-bond acceptors (Lipinski definition) is 15. The lowest BCUT2D eigenvalue weighted by Gasteiger charge is -2.21. The van der Waals surface area contributed by atoms with E-state index in [1.165, 1.54) is 263 Å². The molecular formula is C85H166O17P2.